The minimum absolute atomic E-state index is 0.329. The van der Waals surface area contributed by atoms with Gasteiger partial charge in [-0.2, -0.15) is 0 Å². The molecule has 0 atom stereocenters. The van der Waals surface area contributed by atoms with E-state index in [0.29, 0.717) is 24.2 Å². The summed E-state index contributed by atoms with van der Waals surface area (Å²) in [7, 11) is 0. The van der Waals surface area contributed by atoms with Gasteiger partial charge in [0.2, 0.25) is 11.5 Å². The molecule has 0 spiro atoms. The SMILES string of the molecule is CCCCc1c(Cl)[n+](Cc2ccc(-c3ccccc3C(=O)OC(C)(C)C)cc2)cn1Cc1ccc(-c2ccccc2C(=O)OC(C)(C)C)cc1. The maximum Gasteiger partial charge on any atom is 0.339 e. The van der Waals surface area contributed by atoms with Crippen LogP contribution in [0.3, 0.4) is 0 Å². The second kappa shape index (κ2) is 15.5. The van der Waals surface area contributed by atoms with Crippen molar-refractivity contribution in [2.24, 2.45) is 0 Å². The number of nitrogens with zero attached hydrogens (tertiary/aromatic N) is 2. The lowest BCUT2D eigenvalue weighted by atomic mass is 9.98. The average Bonchev–Trinajstić information content (AvgIpc) is 3.35. The lowest BCUT2D eigenvalue weighted by Gasteiger charge is -2.20. The van der Waals surface area contributed by atoms with E-state index in [1.54, 1.807) is 0 Å². The summed E-state index contributed by atoms with van der Waals surface area (Å²) in [5, 5.41) is 0.737. The molecule has 50 heavy (non-hydrogen) atoms. The number of hydrogen-bond acceptors (Lipinski definition) is 4. The summed E-state index contributed by atoms with van der Waals surface area (Å²) in [6.45, 7) is 14.7. The van der Waals surface area contributed by atoms with Crippen LogP contribution in [0.2, 0.25) is 5.15 Å². The number of esters is 2. The molecule has 4 aromatic carbocycles. The standard InChI is InChI=1S/C43H48ClN2O4/c1-8-9-18-38-39(44)46(28-31-21-25-33(26-22-31)35-15-11-13-17-37(35)41(48)50-43(5,6)7)29-45(38)27-30-19-23-32(24-20-30)34-14-10-12-16-36(34)40(47)49-42(2,3)4/h10-17,19-26,29H,8-9,18,27-28H2,1-7H3/q+1. The van der Waals surface area contributed by atoms with Gasteiger partial charge < -0.3 is 9.47 Å². The summed E-state index contributed by atoms with van der Waals surface area (Å²) in [6, 6.07) is 31.7. The number of carbonyl (C=O) groups is 2. The number of halogens is 1. The van der Waals surface area contributed by atoms with Gasteiger partial charge in [0.05, 0.1) is 11.1 Å². The fraction of sp³-hybridized carbons (Fsp3) is 0.326. The van der Waals surface area contributed by atoms with Gasteiger partial charge >= 0.3 is 11.9 Å². The topological polar surface area (TPSA) is 61.4 Å². The third kappa shape index (κ3) is 9.30. The van der Waals surface area contributed by atoms with Crippen molar-refractivity contribution in [1.29, 1.82) is 0 Å². The maximum absolute atomic E-state index is 13.0. The highest BCUT2D eigenvalue weighted by Crippen LogP contribution is 2.28. The van der Waals surface area contributed by atoms with Crippen LogP contribution in [0.25, 0.3) is 22.3 Å². The summed E-state index contributed by atoms with van der Waals surface area (Å²) in [4.78, 5) is 25.9. The molecule has 0 bridgehead atoms. The molecule has 1 heterocycles. The molecule has 0 saturated heterocycles. The predicted octanol–water partition coefficient (Wildman–Crippen LogP) is 10.1. The molecule has 0 aliphatic rings. The van der Waals surface area contributed by atoms with E-state index in [4.69, 9.17) is 21.1 Å². The number of hydrogen-bond donors (Lipinski definition) is 0. The molecule has 0 saturated carbocycles. The van der Waals surface area contributed by atoms with Crippen LogP contribution in [-0.4, -0.2) is 27.7 Å². The van der Waals surface area contributed by atoms with E-state index in [1.807, 2.05) is 102 Å². The minimum Gasteiger partial charge on any atom is -0.456 e. The molecule has 7 heteroatoms. The van der Waals surface area contributed by atoms with Gasteiger partial charge in [0.1, 0.15) is 24.3 Å². The Balaban J connectivity index is 1.36. The molecule has 0 fully saturated rings. The average molecular weight is 692 g/mol. The van der Waals surface area contributed by atoms with Gasteiger partial charge in [0.15, 0.2) is 5.69 Å². The van der Waals surface area contributed by atoms with Crippen molar-refractivity contribution in [3.05, 3.63) is 136 Å². The molecule has 0 N–H and O–H groups in total. The van der Waals surface area contributed by atoms with Crippen molar-refractivity contribution < 1.29 is 23.6 Å². The van der Waals surface area contributed by atoms with Gasteiger partial charge in [-0.25, -0.2) is 18.7 Å². The van der Waals surface area contributed by atoms with Crippen LogP contribution in [0.15, 0.2) is 103 Å². The lowest BCUT2D eigenvalue weighted by molar-refractivity contribution is -0.685. The molecule has 0 amide bonds. The highest BCUT2D eigenvalue weighted by molar-refractivity contribution is 6.29. The van der Waals surface area contributed by atoms with E-state index < -0.39 is 11.2 Å². The zero-order chi connectivity index (χ0) is 36.1. The summed E-state index contributed by atoms with van der Waals surface area (Å²) < 4.78 is 15.7. The lowest BCUT2D eigenvalue weighted by Crippen LogP contribution is -2.33. The minimum atomic E-state index is -0.574. The first-order valence-electron chi connectivity index (χ1n) is 17.3. The molecule has 5 aromatic rings. The molecule has 1 aromatic heterocycles. The maximum atomic E-state index is 13.0. The summed E-state index contributed by atoms with van der Waals surface area (Å²) in [5.74, 6) is -0.662. The highest BCUT2D eigenvalue weighted by Gasteiger charge is 2.24. The van der Waals surface area contributed by atoms with E-state index in [0.717, 1.165) is 63.5 Å². The van der Waals surface area contributed by atoms with Crippen LogP contribution in [0.1, 0.15) is 98.8 Å². The first-order chi connectivity index (χ1) is 23.7. The summed E-state index contributed by atoms with van der Waals surface area (Å²) >= 11 is 7.06. The Hall–Kier alpha value is -4.68. The van der Waals surface area contributed by atoms with Gasteiger partial charge in [-0.05, 0) is 105 Å². The van der Waals surface area contributed by atoms with Crippen LogP contribution >= 0.6 is 11.6 Å². The Labute approximate surface area is 301 Å². The Bertz CT molecular complexity index is 1950. The van der Waals surface area contributed by atoms with E-state index in [2.05, 4.69) is 58.8 Å². The molecular formula is C43H48ClN2O4+. The fourth-order valence-electron chi connectivity index (χ4n) is 5.88. The number of benzene rings is 4. The van der Waals surface area contributed by atoms with Crippen LogP contribution < -0.4 is 4.57 Å². The summed E-state index contributed by atoms with van der Waals surface area (Å²) in [6.07, 6.45) is 5.09. The van der Waals surface area contributed by atoms with E-state index >= 15 is 0 Å². The number of carbonyl (C=O) groups excluding carboxylic acids is 2. The van der Waals surface area contributed by atoms with Crippen molar-refractivity contribution in [1.82, 2.24) is 4.57 Å². The third-order valence-corrected chi connectivity index (χ3v) is 8.65. The first-order valence-corrected chi connectivity index (χ1v) is 17.7. The second-order valence-corrected chi connectivity index (χ2v) is 15.1. The zero-order valence-corrected chi connectivity index (χ0v) is 31.0. The van der Waals surface area contributed by atoms with E-state index in [9.17, 15) is 9.59 Å². The molecule has 0 aliphatic carbocycles. The third-order valence-electron chi connectivity index (χ3n) is 8.21. The Kier molecular flexibility index (Phi) is 11.3. The van der Waals surface area contributed by atoms with Gasteiger partial charge in [-0.15, -0.1) is 0 Å². The van der Waals surface area contributed by atoms with E-state index in [1.165, 1.54) is 0 Å². The van der Waals surface area contributed by atoms with Gasteiger partial charge in [-0.1, -0.05) is 98.3 Å². The molecule has 6 nitrogen and oxygen atoms in total. The number of rotatable bonds is 11. The Morgan fingerprint density at radius 1 is 0.680 bits per heavy atom. The highest BCUT2D eigenvalue weighted by atomic mass is 35.5. The second-order valence-electron chi connectivity index (χ2n) is 14.7. The molecule has 0 aliphatic heterocycles. The van der Waals surface area contributed by atoms with Crippen molar-refractivity contribution in [2.45, 2.75) is 92.0 Å². The van der Waals surface area contributed by atoms with Crippen molar-refractivity contribution in [3.8, 4) is 22.3 Å². The van der Waals surface area contributed by atoms with Crippen molar-refractivity contribution >= 4 is 23.5 Å². The molecule has 260 valence electrons. The molecule has 0 unspecified atom stereocenters. The number of aromatic nitrogens is 2. The van der Waals surface area contributed by atoms with Crippen molar-refractivity contribution in [3.63, 3.8) is 0 Å². The normalized spacial score (nSPS) is 11.8. The van der Waals surface area contributed by atoms with Crippen LogP contribution in [0, 0.1) is 0 Å². The number of imidazole rings is 1. The van der Waals surface area contributed by atoms with Gasteiger partial charge in [0.25, 0.3) is 0 Å². The smallest absolute Gasteiger partial charge is 0.339 e. The summed E-state index contributed by atoms with van der Waals surface area (Å²) in [5.41, 5.74) is 6.88. The van der Waals surface area contributed by atoms with Crippen LogP contribution in [0.4, 0.5) is 0 Å². The number of ether oxygens (including phenoxy) is 2. The monoisotopic (exact) mass is 691 g/mol. The van der Waals surface area contributed by atoms with Crippen LogP contribution in [0.5, 0.6) is 0 Å². The van der Waals surface area contributed by atoms with E-state index in [-0.39, 0.29) is 11.9 Å². The van der Waals surface area contributed by atoms with Crippen LogP contribution in [-0.2, 0) is 29.0 Å². The van der Waals surface area contributed by atoms with Crippen molar-refractivity contribution in [2.75, 3.05) is 0 Å². The molecule has 0 radical (unpaired) electrons. The Morgan fingerprint density at radius 3 is 1.60 bits per heavy atom. The van der Waals surface area contributed by atoms with Gasteiger partial charge in [0, 0.05) is 6.42 Å². The first kappa shape index (κ1) is 36.6. The zero-order valence-electron chi connectivity index (χ0n) is 30.3. The molecule has 5 rings (SSSR count). The quantitative estimate of drug-likeness (QED) is 0.102. The molecular weight excluding hydrogens is 644 g/mol. The number of unbranched alkanes of at least 4 members (excludes halogenated alkanes) is 1. The Morgan fingerprint density at radius 2 is 1.14 bits per heavy atom. The fourth-order valence-corrected chi connectivity index (χ4v) is 6.18. The predicted molar refractivity (Wildman–Crippen MR) is 201 cm³/mol. The largest absolute Gasteiger partial charge is 0.456 e. The van der Waals surface area contributed by atoms with Gasteiger partial charge in [-0.3, -0.25) is 0 Å².